The second kappa shape index (κ2) is 10.5. The van der Waals surface area contributed by atoms with E-state index < -0.39 is 17.7 Å². The molecule has 0 bridgehead atoms. The maximum absolute atomic E-state index is 13.3. The Morgan fingerprint density at radius 3 is 2.58 bits per heavy atom. The molecule has 4 aromatic carbocycles. The summed E-state index contributed by atoms with van der Waals surface area (Å²) in [4.78, 5) is 13.8. The zero-order chi connectivity index (χ0) is 26.9. The van der Waals surface area contributed by atoms with Crippen molar-refractivity contribution in [2.45, 2.75) is 38.0 Å². The van der Waals surface area contributed by atoms with Gasteiger partial charge in [-0.3, -0.25) is 4.79 Å². The Bertz CT molecular complexity index is 1460. The van der Waals surface area contributed by atoms with Crippen molar-refractivity contribution >= 4 is 22.4 Å². The van der Waals surface area contributed by atoms with Gasteiger partial charge in [-0.25, -0.2) is 0 Å². The molecule has 4 aromatic rings. The fourth-order valence-electron chi connectivity index (χ4n) is 5.43. The molecule has 1 aliphatic rings. The van der Waals surface area contributed by atoms with E-state index in [1.54, 1.807) is 18.2 Å². The minimum absolute atomic E-state index is 0.150. The molecule has 38 heavy (non-hydrogen) atoms. The Morgan fingerprint density at radius 2 is 1.79 bits per heavy atom. The van der Waals surface area contributed by atoms with Crippen molar-refractivity contribution in [1.29, 1.82) is 0 Å². The molecule has 0 amide bonds. The number of hydrogen-bond donors (Lipinski definition) is 2. The minimum atomic E-state index is -4.47. The van der Waals surface area contributed by atoms with Crippen LogP contribution in [-0.2, 0) is 17.4 Å². The molecule has 0 radical (unpaired) electrons. The van der Waals surface area contributed by atoms with Crippen LogP contribution in [-0.4, -0.2) is 30.2 Å². The monoisotopic (exact) mass is 518 g/mol. The van der Waals surface area contributed by atoms with Crippen LogP contribution in [0.3, 0.4) is 0 Å². The molecule has 1 fully saturated rings. The van der Waals surface area contributed by atoms with Gasteiger partial charge in [0.2, 0.25) is 0 Å². The van der Waals surface area contributed by atoms with Crippen LogP contribution in [0.15, 0.2) is 84.9 Å². The summed E-state index contributed by atoms with van der Waals surface area (Å²) in [5.41, 5.74) is 2.71. The molecule has 5 rings (SSSR count). The van der Waals surface area contributed by atoms with Crippen molar-refractivity contribution in [1.82, 2.24) is 5.32 Å². The molecule has 1 saturated heterocycles. The Kier molecular flexibility index (Phi) is 7.13. The summed E-state index contributed by atoms with van der Waals surface area (Å²) in [6.07, 6.45) is -3.81. The van der Waals surface area contributed by atoms with Crippen LogP contribution in [0, 0.1) is 0 Å². The number of halogens is 3. The SMILES string of the molecule is C[C@@H](N[C@H]1CCN(c2ccc(-c3cccc(C(F)(F)F)c3)c(CC(=O)O)c2)C1)c1cccc2ccccc12. The summed E-state index contributed by atoms with van der Waals surface area (Å²) in [6.45, 7) is 3.72. The fourth-order valence-corrected chi connectivity index (χ4v) is 5.43. The molecule has 1 heterocycles. The highest BCUT2D eigenvalue weighted by molar-refractivity contribution is 5.86. The maximum atomic E-state index is 13.3. The summed E-state index contributed by atoms with van der Waals surface area (Å²) in [5.74, 6) is -1.03. The number of nitrogens with one attached hydrogen (secondary N) is 1. The molecule has 7 heteroatoms. The number of hydrogen-bond acceptors (Lipinski definition) is 3. The molecular formula is C31H29F3N2O2. The van der Waals surface area contributed by atoms with E-state index in [0.29, 0.717) is 16.7 Å². The standard InChI is InChI=1S/C31H29F3N2O2/c1-20(27-11-5-7-21-6-2-3-10-29(21)27)35-25-14-15-36(19-25)26-12-13-28(23(17-26)18-30(37)38)22-8-4-9-24(16-22)31(32,33)34/h2-13,16-17,20,25,35H,14-15,18-19H2,1H3,(H,37,38)/t20-,25+/m1/s1. The molecular weight excluding hydrogens is 489 g/mol. The Hall–Kier alpha value is -3.84. The highest BCUT2D eigenvalue weighted by Crippen LogP contribution is 2.35. The van der Waals surface area contributed by atoms with E-state index in [-0.39, 0.29) is 18.5 Å². The van der Waals surface area contributed by atoms with E-state index >= 15 is 0 Å². The molecule has 4 nitrogen and oxygen atoms in total. The number of carbonyl (C=O) groups is 1. The normalized spacial score (nSPS) is 16.6. The second-order valence-electron chi connectivity index (χ2n) is 9.88. The number of carboxylic acids is 1. The Balaban J connectivity index is 1.35. The van der Waals surface area contributed by atoms with Gasteiger partial charge in [0.05, 0.1) is 12.0 Å². The molecule has 0 spiro atoms. The second-order valence-corrected chi connectivity index (χ2v) is 9.88. The van der Waals surface area contributed by atoms with Crippen LogP contribution in [0.1, 0.15) is 36.1 Å². The topological polar surface area (TPSA) is 52.6 Å². The van der Waals surface area contributed by atoms with Crippen molar-refractivity contribution in [3.05, 3.63) is 102 Å². The average molecular weight is 519 g/mol. The number of fused-ring (bicyclic) bond motifs is 1. The van der Waals surface area contributed by atoms with Crippen LogP contribution in [0.2, 0.25) is 0 Å². The van der Waals surface area contributed by atoms with E-state index in [1.807, 2.05) is 18.2 Å². The van der Waals surface area contributed by atoms with E-state index in [1.165, 1.54) is 22.4 Å². The fraction of sp³-hybridized carbons (Fsp3) is 0.258. The number of anilines is 1. The van der Waals surface area contributed by atoms with E-state index in [4.69, 9.17) is 0 Å². The first kappa shape index (κ1) is 25.8. The van der Waals surface area contributed by atoms with E-state index in [0.717, 1.165) is 37.3 Å². The molecule has 196 valence electrons. The summed E-state index contributed by atoms with van der Waals surface area (Å²) in [5, 5.41) is 15.7. The average Bonchev–Trinajstić information content (AvgIpc) is 3.36. The zero-order valence-electron chi connectivity index (χ0n) is 21.0. The highest BCUT2D eigenvalue weighted by atomic mass is 19.4. The van der Waals surface area contributed by atoms with Gasteiger partial charge in [0, 0.05) is 30.9 Å². The predicted molar refractivity (Wildman–Crippen MR) is 144 cm³/mol. The van der Waals surface area contributed by atoms with Gasteiger partial charge >= 0.3 is 12.1 Å². The number of nitrogens with zero attached hydrogens (tertiary/aromatic N) is 1. The van der Waals surface area contributed by atoms with Gasteiger partial charge in [0.1, 0.15) is 0 Å². The summed E-state index contributed by atoms with van der Waals surface area (Å²) in [6, 6.07) is 25.5. The first-order chi connectivity index (χ1) is 18.2. The summed E-state index contributed by atoms with van der Waals surface area (Å²) < 4.78 is 39.8. The van der Waals surface area contributed by atoms with Gasteiger partial charge in [-0.1, -0.05) is 60.7 Å². The lowest BCUT2D eigenvalue weighted by atomic mass is 9.95. The number of carboxylic acid groups (broad SMARTS) is 1. The molecule has 0 aromatic heterocycles. The summed E-state index contributed by atoms with van der Waals surface area (Å²) >= 11 is 0. The van der Waals surface area contributed by atoms with Crippen LogP contribution in [0.25, 0.3) is 21.9 Å². The Morgan fingerprint density at radius 1 is 1.03 bits per heavy atom. The van der Waals surface area contributed by atoms with Gasteiger partial charge in [0.15, 0.2) is 0 Å². The van der Waals surface area contributed by atoms with Crippen LogP contribution >= 0.6 is 0 Å². The van der Waals surface area contributed by atoms with E-state index in [2.05, 4.69) is 47.5 Å². The van der Waals surface area contributed by atoms with Gasteiger partial charge in [-0.15, -0.1) is 0 Å². The third kappa shape index (κ3) is 5.53. The molecule has 0 aliphatic carbocycles. The first-order valence-electron chi connectivity index (χ1n) is 12.7. The van der Waals surface area contributed by atoms with Crippen molar-refractivity contribution in [3.63, 3.8) is 0 Å². The number of rotatable bonds is 7. The lowest BCUT2D eigenvalue weighted by Crippen LogP contribution is -2.34. The van der Waals surface area contributed by atoms with Gasteiger partial charge in [-0.05, 0) is 70.6 Å². The third-order valence-corrected chi connectivity index (χ3v) is 7.26. The van der Waals surface area contributed by atoms with Crippen LogP contribution < -0.4 is 10.2 Å². The van der Waals surface area contributed by atoms with Crippen LogP contribution in [0.5, 0.6) is 0 Å². The van der Waals surface area contributed by atoms with Gasteiger partial charge in [-0.2, -0.15) is 13.2 Å². The molecule has 1 aliphatic heterocycles. The van der Waals surface area contributed by atoms with Crippen molar-refractivity contribution in [2.75, 3.05) is 18.0 Å². The van der Waals surface area contributed by atoms with E-state index in [9.17, 15) is 23.1 Å². The van der Waals surface area contributed by atoms with Crippen molar-refractivity contribution in [3.8, 4) is 11.1 Å². The molecule has 0 saturated carbocycles. The van der Waals surface area contributed by atoms with Gasteiger partial charge < -0.3 is 15.3 Å². The molecule has 2 N–H and O–H groups in total. The number of benzene rings is 4. The predicted octanol–water partition coefficient (Wildman–Crippen LogP) is 7.08. The van der Waals surface area contributed by atoms with Crippen molar-refractivity contribution in [2.24, 2.45) is 0 Å². The third-order valence-electron chi connectivity index (χ3n) is 7.26. The first-order valence-corrected chi connectivity index (χ1v) is 12.7. The Labute approximate surface area is 219 Å². The summed E-state index contributed by atoms with van der Waals surface area (Å²) in [7, 11) is 0. The molecule has 0 unspecified atom stereocenters. The maximum Gasteiger partial charge on any atom is 0.416 e. The smallest absolute Gasteiger partial charge is 0.416 e. The van der Waals surface area contributed by atoms with Gasteiger partial charge in [0.25, 0.3) is 0 Å². The van der Waals surface area contributed by atoms with Crippen molar-refractivity contribution < 1.29 is 23.1 Å². The minimum Gasteiger partial charge on any atom is -0.481 e. The number of aliphatic carboxylic acids is 1. The lowest BCUT2D eigenvalue weighted by molar-refractivity contribution is -0.138. The zero-order valence-corrected chi connectivity index (χ0v) is 21.0. The molecule has 2 atom stereocenters. The highest BCUT2D eigenvalue weighted by Gasteiger charge is 2.31. The largest absolute Gasteiger partial charge is 0.481 e. The van der Waals surface area contributed by atoms with Crippen LogP contribution in [0.4, 0.5) is 18.9 Å². The number of alkyl halides is 3. The quantitative estimate of drug-likeness (QED) is 0.275. The lowest BCUT2D eigenvalue weighted by Gasteiger charge is -2.23.